The molecule has 0 spiro atoms. The van der Waals surface area contributed by atoms with Crippen LogP contribution in [0.15, 0.2) is 91.1 Å². The number of ether oxygens (including phenoxy) is 1. The fourth-order valence-corrected chi connectivity index (χ4v) is 4.33. The van der Waals surface area contributed by atoms with Gasteiger partial charge in [0.15, 0.2) is 0 Å². The molecule has 0 aliphatic carbocycles. The van der Waals surface area contributed by atoms with Gasteiger partial charge >= 0.3 is 12.3 Å². The third-order valence-electron chi connectivity index (χ3n) is 6.25. The summed E-state index contributed by atoms with van der Waals surface area (Å²) in [5, 5.41) is 2.71. The Bertz CT molecular complexity index is 1470. The standard InChI is InChI=1S/C29H22F3N3O3/c30-29(31,32)22-11-8-19(9-12-22)24-5-1-2-7-26(24)38-28(37)34-23-13-10-21-18-35(16-14-20(21)17-23)27(36)25-6-3-4-15-33-25/h1-13,15,17H,14,16,18H2,(H,34,37). The Hall–Kier alpha value is -4.66. The van der Waals surface area contributed by atoms with Gasteiger partial charge in [-0.1, -0.05) is 42.5 Å². The van der Waals surface area contributed by atoms with Crippen molar-refractivity contribution in [3.63, 3.8) is 0 Å². The molecule has 1 aromatic heterocycles. The van der Waals surface area contributed by atoms with Crippen LogP contribution >= 0.6 is 0 Å². The number of halogens is 3. The van der Waals surface area contributed by atoms with Crippen LogP contribution in [0.4, 0.5) is 23.7 Å². The summed E-state index contributed by atoms with van der Waals surface area (Å²) in [4.78, 5) is 31.3. The molecule has 0 unspecified atom stereocenters. The Balaban J connectivity index is 1.26. The highest BCUT2D eigenvalue weighted by atomic mass is 19.4. The van der Waals surface area contributed by atoms with Gasteiger partial charge in [0.25, 0.3) is 5.91 Å². The van der Waals surface area contributed by atoms with Crippen molar-refractivity contribution >= 4 is 17.7 Å². The molecule has 38 heavy (non-hydrogen) atoms. The van der Waals surface area contributed by atoms with Gasteiger partial charge in [-0.3, -0.25) is 15.1 Å². The van der Waals surface area contributed by atoms with E-state index < -0.39 is 17.8 Å². The number of carbonyl (C=O) groups excluding carboxylic acids is 2. The average molecular weight is 518 g/mol. The molecule has 4 aromatic rings. The fourth-order valence-electron chi connectivity index (χ4n) is 4.33. The molecule has 1 aliphatic heterocycles. The first-order valence-corrected chi connectivity index (χ1v) is 11.9. The highest BCUT2D eigenvalue weighted by Crippen LogP contribution is 2.34. The number of fused-ring (bicyclic) bond motifs is 1. The lowest BCUT2D eigenvalue weighted by Gasteiger charge is -2.29. The molecule has 9 heteroatoms. The molecule has 0 saturated carbocycles. The number of pyridine rings is 1. The van der Waals surface area contributed by atoms with Crippen LogP contribution in [0.25, 0.3) is 11.1 Å². The summed E-state index contributed by atoms with van der Waals surface area (Å²) in [6.45, 7) is 0.965. The van der Waals surface area contributed by atoms with E-state index in [1.807, 2.05) is 12.1 Å². The number of alkyl halides is 3. The molecule has 3 aromatic carbocycles. The van der Waals surface area contributed by atoms with Crippen molar-refractivity contribution in [1.29, 1.82) is 0 Å². The van der Waals surface area contributed by atoms with Crippen molar-refractivity contribution in [1.82, 2.24) is 9.88 Å². The summed E-state index contributed by atoms with van der Waals surface area (Å²) in [5.74, 6) is 0.0835. The smallest absolute Gasteiger partial charge is 0.409 e. The van der Waals surface area contributed by atoms with Crippen LogP contribution < -0.4 is 10.1 Å². The summed E-state index contributed by atoms with van der Waals surface area (Å²) in [6, 6.07) is 22.0. The molecule has 0 fully saturated rings. The molecule has 6 nitrogen and oxygen atoms in total. The zero-order chi connectivity index (χ0) is 26.7. The van der Waals surface area contributed by atoms with Gasteiger partial charge in [-0.05, 0) is 65.6 Å². The van der Waals surface area contributed by atoms with Crippen molar-refractivity contribution in [2.75, 3.05) is 11.9 Å². The number of nitrogens with one attached hydrogen (secondary N) is 1. The predicted molar refractivity (Wildman–Crippen MR) is 136 cm³/mol. The van der Waals surface area contributed by atoms with Crippen LogP contribution in [0.3, 0.4) is 0 Å². The highest BCUT2D eigenvalue weighted by molar-refractivity contribution is 5.92. The lowest BCUT2D eigenvalue weighted by atomic mass is 9.98. The topological polar surface area (TPSA) is 71.5 Å². The molecule has 192 valence electrons. The van der Waals surface area contributed by atoms with Crippen molar-refractivity contribution in [3.8, 4) is 16.9 Å². The van der Waals surface area contributed by atoms with Crippen LogP contribution in [0.2, 0.25) is 0 Å². The third-order valence-corrected chi connectivity index (χ3v) is 6.25. The van der Waals surface area contributed by atoms with Gasteiger partial charge in [0.05, 0.1) is 5.56 Å². The number of benzene rings is 3. The molecule has 0 bridgehead atoms. The minimum atomic E-state index is -4.43. The van der Waals surface area contributed by atoms with Crippen molar-refractivity contribution in [2.45, 2.75) is 19.1 Å². The van der Waals surface area contributed by atoms with E-state index in [4.69, 9.17) is 4.74 Å². The average Bonchev–Trinajstić information content (AvgIpc) is 2.93. The lowest BCUT2D eigenvalue weighted by Crippen LogP contribution is -2.36. The summed E-state index contributed by atoms with van der Waals surface area (Å²) < 4.78 is 44.3. The molecule has 0 atom stereocenters. The number of hydrogen-bond acceptors (Lipinski definition) is 4. The van der Waals surface area contributed by atoms with Crippen LogP contribution in [-0.2, 0) is 19.1 Å². The number of aromatic nitrogens is 1. The number of rotatable bonds is 4. The number of amides is 2. The first-order valence-electron chi connectivity index (χ1n) is 11.9. The van der Waals surface area contributed by atoms with E-state index in [1.165, 1.54) is 12.1 Å². The van der Waals surface area contributed by atoms with Gasteiger partial charge < -0.3 is 9.64 Å². The van der Waals surface area contributed by atoms with Crippen molar-refractivity contribution in [3.05, 3.63) is 114 Å². The summed E-state index contributed by atoms with van der Waals surface area (Å²) >= 11 is 0. The fraction of sp³-hybridized carbons (Fsp3) is 0.138. The molecule has 0 saturated heterocycles. The predicted octanol–water partition coefficient (Wildman–Crippen LogP) is 6.58. The quantitative estimate of drug-likeness (QED) is 0.332. The summed E-state index contributed by atoms with van der Waals surface area (Å²) in [6.07, 6.45) is -2.96. The number of nitrogens with zero attached hydrogens (tertiary/aromatic N) is 2. The van der Waals surface area contributed by atoms with Crippen LogP contribution in [0, 0.1) is 0 Å². The summed E-state index contributed by atoms with van der Waals surface area (Å²) in [7, 11) is 0. The van der Waals surface area contributed by atoms with E-state index in [9.17, 15) is 22.8 Å². The normalized spacial score (nSPS) is 13.0. The first kappa shape index (κ1) is 25.0. The second-order valence-corrected chi connectivity index (χ2v) is 8.76. The van der Waals surface area contributed by atoms with Crippen LogP contribution in [0.1, 0.15) is 27.2 Å². The second kappa shape index (κ2) is 10.4. The second-order valence-electron chi connectivity index (χ2n) is 8.76. The molecule has 5 rings (SSSR count). The Morgan fingerprint density at radius 2 is 1.66 bits per heavy atom. The highest BCUT2D eigenvalue weighted by Gasteiger charge is 2.30. The van der Waals surface area contributed by atoms with Gasteiger partial charge in [0.1, 0.15) is 11.4 Å². The minimum absolute atomic E-state index is 0.131. The van der Waals surface area contributed by atoms with Crippen molar-refractivity contribution < 1.29 is 27.5 Å². The maximum Gasteiger partial charge on any atom is 0.417 e. The monoisotopic (exact) mass is 517 g/mol. The third kappa shape index (κ3) is 5.51. The largest absolute Gasteiger partial charge is 0.417 e. The van der Waals surface area contributed by atoms with Gasteiger partial charge in [-0.2, -0.15) is 13.2 Å². The maximum absolute atomic E-state index is 12.9. The Kier molecular flexibility index (Phi) is 6.83. The number of hydrogen-bond donors (Lipinski definition) is 1. The number of carbonyl (C=O) groups is 2. The molecular weight excluding hydrogens is 495 g/mol. The zero-order valence-electron chi connectivity index (χ0n) is 20.0. The van der Waals surface area contributed by atoms with Gasteiger partial charge in [-0.15, -0.1) is 0 Å². The Morgan fingerprint density at radius 1 is 0.895 bits per heavy atom. The van der Waals surface area contributed by atoms with E-state index >= 15 is 0 Å². The van der Waals surface area contributed by atoms with Gasteiger partial charge in [0.2, 0.25) is 0 Å². The number of para-hydroxylation sites is 1. The van der Waals surface area contributed by atoms with Gasteiger partial charge in [-0.25, -0.2) is 4.79 Å². The SMILES string of the molecule is O=C(Nc1ccc2c(c1)CCN(C(=O)c1ccccn1)C2)Oc1ccccc1-c1ccc(C(F)(F)F)cc1. The van der Waals surface area contributed by atoms with Crippen molar-refractivity contribution in [2.24, 2.45) is 0 Å². The molecule has 2 heterocycles. The van der Waals surface area contributed by atoms with E-state index in [0.717, 1.165) is 23.3 Å². The molecule has 1 aliphatic rings. The van der Waals surface area contributed by atoms with Gasteiger partial charge in [0, 0.05) is 30.5 Å². The number of anilines is 1. The van der Waals surface area contributed by atoms with E-state index in [2.05, 4.69) is 10.3 Å². The van der Waals surface area contributed by atoms with E-state index in [-0.39, 0.29) is 11.7 Å². The first-order chi connectivity index (χ1) is 18.3. The molecule has 0 radical (unpaired) electrons. The Labute approximate surface area is 216 Å². The van der Waals surface area contributed by atoms with Crippen LogP contribution in [-0.4, -0.2) is 28.4 Å². The molecule has 1 N–H and O–H groups in total. The minimum Gasteiger partial charge on any atom is -0.409 e. The lowest BCUT2D eigenvalue weighted by molar-refractivity contribution is -0.137. The molecular formula is C29H22F3N3O3. The Morgan fingerprint density at radius 3 is 2.39 bits per heavy atom. The summed E-state index contributed by atoms with van der Waals surface area (Å²) in [5.41, 5.74) is 3.14. The maximum atomic E-state index is 12.9. The molecule has 2 amide bonds. The van der Waals surface area contributed by atoms with E-state index in [0.29, 0.717) is 42.0 Å². The zero-order valence-corrected chi connectivity index (χ0v) is 20.0. The van der Waals surface area contributed by atoms with E-state index in [1.54, 1.807) is 59.6 Å². The van der Waals surface area contributed by atoms with Crippen LogP contribution in [0.5, 0.6) is 5.75 Å².